The molecule has 3 aliphatic carbocycles. The first-order chi connectivity index (χ1) is 34.2. The Morgan fingerprint density at radius 1 is 0.431 bits per heavy atom. The number of aliphatic hydroxyl groups is 3. The fraction of sp³-hybridized carbons (Fsp3) is 0.375. The van der Waals surface area contributed by atoms with Crippen molar-refractivity contribution < 1.29 is 69.6 Å². The zero-order valence-electron chi connectivity index (χ0n) is 38.1. The number of benzene rings is 4. The molecule has 3 aliphatic rings. The summed E-state index contributed by atoms with van der Waals surface area (Å²) in [6, 6.07) is 26.8. The van der Waals surface area contributed by atoms with E-state index < -0.39 is 149 Å². The highest BCUT2D eigenvalue weighted by Gasteiger charge is 2.56. The van der Waals surface area contributed by atoms with Crippen LogP contribution < -0.4 is 0 Å². The van der Waals surface area contributed by atoms with Crippen molar-refractivity contribution in [3.05, 3.63) is 193 Å². The Labute approximate surface area is 414 Å². The molecule has 0 spiro atoms. The van der Waals surface area contributed by atoms with E-state index in [9.17, 15) is 62.5 Å². The molecule has 0 saturated heterocycles. The second kappa shape index (κ2) is 22.8. The molecule has 0 aromatic heterocycles. The van der Waals surface area contributed by atoms with Crippen LogP contribution in [0.15, 0.2) is 160 Å². The summed E-state index contributed by atoms with van der Waals surface area (Å²) in [5.74, 6) is -9.15. The molecule has 24 heteroatoms. The fourth-order valence-electron chi connectivity index (χ4n) is 9.38. The summed E-state index contributed by atoms with van der Waals surface area (Å²) in [5.41, 5.74) is 2.00. The van der Waals surface area contributed by atoms with Crippen LogP contribution in [-0.2, 0) is 63.5 Å². The van der Waals surface area contributed by atoms with E-state index in [2.05, 4.69) is 0 Å². The number of hydrogen-bond donors (Lipinski definition) is 3. The van der Waals surface area contributed by atoms with Crippen molar-refractivity contribution in [2.75, 3.05) is 19.8 Å². The number of sulfone groups is 3. The highest BCUT2D eigenvalue weighted by atomic mass is 32.2. The molecule has 0 fully saturated rings. The Morgan fingerprint density at radius 2 is 0.736 bits per heavy atom. The van der Waals surface area contributed by atoms with Crippen molar-refractivity contribution in [2.45, 2.75) is 68.9 Å². The van der Waals surface area contributed by atoms with Crippen molar-refractivity contribution in [3.63, 3.8) is 0 Å². The van der Waals surface area contributed by atoms with Crippen LogP contribution in [0, 0.1) is 65.9 Å². The predicted octanol–water partition coefficient (Wildman–Crippen LogP) is 3.96. The molecule has 0 heterocycles. The number of rotatable bonds is 24. The van der Waals surface area contributed by atoms with Gasteiger partial charge in [-0.1, -0.05) is 127 Å². The SMILES string of the molecule is O=[N+]([O-])C(C1C=CC(O)C1COCc1ccccc1)S(=O)(=O)c1ccc(S(=O)(=O)C(C2C=CC(O)C2COCc2ccccc2)[N+](=O)[O-])c(S(=O)(=O)C(C2C=CC(O)C2COCc2ccccc2)[N+](=O)[O-])c1. The van der Waals surface area contributed by atoms with Crippen LogP contribution in [0.4, 0.5) is 0 Å². The minimum atomic E-state index is -5.91. The van der Waals surface area contributed by atoms with Crippen LogP contribution in [0.5, 0.6) is 0 Å². The van der Waals surface area contributed by atoms with Crippen molar-refractivity contribution in [1.29, 1.82) is 0 Å². The Balaban J connectivity index is 1.30. The van der Waals surface area contributed by atoms with E-state index in [-0.39, 0.29) is 25.9 Å². The van der Waals surface area contributed by atoms with Gasteiger partial charge in [0.15, 0.2) is 0 Å². The summed E-state index contributed by atoms with van der Waals surface area (Å²) < 4.78 is 107. The lowest BCUT2D eigenvalue weighted by atomic mass is 9.94. The van der Waals surface area contributed by atoms with Crippen molar-refractivity contribution in [1.82, 2.24) is 0 Å². The highest BCUT2D eigenvalue weighted by molar-refractivity contribution is 7.95. The Kier molecular flexibility index (Phi) is 17.0. The maximum absolute atomic E-state index is 15.2. The third-order valence-electron chi connectivity index (χ3n) is 13.1. The van der Waals surface area contributed by atoms with Crippen molar-refractivity contribution >= 4 is 29.5 Å². The van der Waals surface area contributed by atoms with Crippen molar-refractivity contribution in [2.24, 2.45) is 35.5 Å². The van der Waals surface area contributed by atoms with E-state index in [0.29, 0.717) is 28.8 Å². The lowest BCUT2D eigenvalue weighted by Gasteiger charge is -2.27. The summed E-state index contributed by atoms with van der Waals surface area (Å²) in [5, 5.41) is 63.5. The third kappa shape index (κ3) is 11.6. The normalized spacial score (nSPS) is 25.3. The molecule has 0 amide bonds. The lowest BCUT2D eigenvalue weighted by molar-refractivity contribution is -0.506. The third-order valence-corrected chi connectivity index (χ3v) is 19.4. The van der Waals surface area contributed by atoms with E-state index >= 15 is 8.42 Å². The Morgan fingerprint density at radius 3 is 1.06 bits per heavy atom. The van der Waals surface area contributed by atoms with Gasteiger partial charge >= 0.3 is 16.1 Å². The molecular formula is C48H51N3O18S3. The summed E-state index contributed by atoms with van der Waals surface area (Å²) in [7, 11) is -17.2. The van der Waals surface area contributed by atoms with Gasteiger partial charge in [0.2, 0.25) is 29.5 Å². The molecular weight excluding hydrogens is 1000 g/mol. The molecule has 4 aromatic rings. The molecule has 7 rings (SSSR count). The second-order valence-electron chi connectivity index (χ2n) is 17.6. The van der Waals surface area contributed by atoms with Gasteiger partial charge < -0.3 is 29.5 Å². The number of ether oxygens (including phenoxy) is 3. The first-order valence-electron chi connectivity index (χ1n) is 22.5. The molecule has 4 aromatic carbocycles. The zero-order chi connectivity index (χ0) is 52.0. The maximum Gasteiger partial charge on any atom is 0.321 e. The van der Waals surface area contributed by atoms with E-state index in [1.54, 1.807) is 91.0 Å². The highest BCUT2D eigenvalue weighted by Crippen LogP contribution is 2.42. The molecule has 0 radical (unpaired) electrons. The molecule has 12 unspecified atom stereocenters. The Hall–Kier alpha value is -6.09. The van der Waals surface area contributed by atoms with E-state index in [0.717, 1.165) is 36.5 Å². The van der Waals surface area contributed by atoms with Crippen molar-refractivity contribution in [3.8, 4) is 0 Å². The maximum atomic E-state index is 15.2. The van der Waals surface area contributed by atoms with E-state index in [4.69, 9.17) is 14.2 Å². The van der Waals surface area contributed by atoms with Gasteiger partial charge in [0.25, 0.3) is 0 Å². The van der Waals surface area contributed by atoms with Crippen LogP contribution in [0.25, 0.3) is 0 Å². The fourth-order valence-corrected chi connectivity index (χ4v) is 15.5. The van der Waals surface area contributed by atoms with Gasteiger partial charge in [-0.25, -0.2) is 25.3 Å². The first kappa shape index (κ1) is 53.7. The quantitative estimate of drug-likeness (QED) is 0.0508. The van der Waals surface area contributed by atoms with Gasteiger partial charge in [0.1, 0.15) is 0 Å². The van der Waals surface area contributed by atoms with E-state index in [1.165, 1.54) is 0 Å². The topological polar surface area (TPSA) is 320 Å². The monoisotopic (exact) mass is 1050 g/mol. The second-order valence-corrected chi connectivity index (χ2v) is 23.7. The molecule has 0 bridgehead atoms. The predicted molar refractivity (Wildman–Crippen MR) is 255 cm³/mol. The standard InChI is InChI=1S/C48H51N3O18S3/c52-41-20-17-35(38(41)28-67-25-31-10-4-1-5-11-31)46(49(55)56)70(61,62)34-16-23-44(71(63,64)47(50(57)58)36-18-21-42(53)39(36)29-68-26-32-12-6-2-7-13-32)45(24-34)72(65,66)48(51(59)60)37-19-22-43(54)40(37)30-69-27-33-14-8-3-9-15-33/h1-24,35-43,46-48,52-54H,25-30H2. The number of hydrogen-bond acceptors (Lipinski definition) is 18. The van der Waals surface area contributed by atoms with Gasteiger partial charge in [0, 0.05) is 32.5 Å². The largest absolute Gasteiger partial charge is 0.389 e. The molecule has 72 heavy (non-hydrogen) atoms. The first-order valence-corrected chi connectivity index (χ1v) is 27.1. The average molecular weight is 1050 g/mol. The van der Waals surface area contributed by atoms with Gasteiger partial charge in [-0.3, -0.25) is 30.3 Å². The number of nitro groups is 3. The summed E-state index contributed by atoms with van der Waals surface area (Å²) >= 11 is 0. The van der Waals surface area contributed by atoms with Crippen LogP contribution >= 0.6 is 0 Å². The van der Waals surface area contributed by atoms with Crippen LogP contribution in [-0.4, -0.2) is 110 Å². The number of aliphatic hydroxyl groups excluding tert-OH is 3. The van der Waals surface area contributed by atoms with Gasteiger partial charge in [-0.15, -0.1) is 0 Å². The number of nitrogens with zero attached hydrogens (tertiary/aromatic N) is 3. The summed E-state index contributed by atoms with van der Waals surface area (Å²) in [4.78, 5) is 31.1. The van der Waals surface area contributed by atoms with Gasteiger partial charge in [-0.05, 0) is 34.9 Å². The smallest absolute Gasteiger partial charge is 0.321 e. The summed E-state index contributed by atoms with van der Waals surface area (Å²) in [6.45, 7) is -1.51. The van der Waals surface area contributed by atoms with Gasteiger partial charge in [0.05, 0.1) is 90.4 Å². The molecule has 0 saturated carbocycles. The van der Waals surface area contributed by atoms with E-state index in [1.807, 2.05) is 0 Å². The minimum absolute atomic E-state index is 0.0309. The van der Waals surface area contributed by atoms with Crippen LogP contribution in [0.3, 0.4) is 0 Å². The summed E-state index contributed by atoms with van der Waals surface area (Å²) in [6.07, 6.45) is 1.89. The minimum Gasteiger partial charge on any atom is -0.389 e. The van der Waals surface area contributed by atoms with Crippen LogP contribution in [0.2, 0.25) is 0 Å². The zero-order valence-corrected chi connectivity index (χ0v) is 40.5. The van der Waals surface area contributed by atoms with Crippen LogP contribution in [0.1, 0.15) is 16.7 Å². The molecule has 3 N–H and O–H groups in total. The molecule has 0 aliphatic heterocycles. The van der Waals surface area contributed by atoms with Gasteiger partial charge in [-0.2, -0.15) is 0 Å². The molecule has 12 atom stereocenters. The average Bonchev–Trinajstić information content (AvgIpc) is 4.01. The molecule has 21 nitrogen and oxygen atoms in total. The molecule has 384 valence electrons. The Bertz CT molecular complexity index is 3020. The lowest BCUT2D eigenvalue weighted by Crippen LogP contribution is -2.44.